The van der Waals surface area contributed by atoms with Crippen molar-refractivity contribution in [2.24, 2.45) is 11.3 Å². The minimum atomic E-state index is -2.87. The van der Waals surface area contributed by atoms with E-state index in [0.29, 0.717) is 40.0 Å². The van der Waals surface area contributed by atoms with Crippen LogP contribution in [0.3, 0.4) is 0 Å². The molecule has 2 N–H and O–H groups in total. The summed E-state index contributed by atoms with van der Waals surface area (Å²) >= 11 is 12.2. The predicted molar refractivity (Wildman–Crippen MR) is 96.5 cm³/mol. The highest BCUT2D eigenvalue weighted by Crippen LogP contribution is 2.53. The molecule has 1 saturated heterocycles. The van der Waals surface area contributed by atoms with Crippen LogP contribution in [-0.2, 0) is 14.6 Å². The molecule has 4 rings (SSSR count). The van der Waals surface area contributed by atoms with E-state index in [1.54, 1.807) is 24.3 Å². The van der Waals surface area contributed by atoms with Crippen LogP contribution in [0.15, 0.2) is 24.3 Å². The van der Waals surface area contributed by atoms with Crippen molar-refractivity contribution < 1.29 is 13.2 Å². The average Bonchev–Trinajstić information content (AvgIpc) is 2.92. The number of carbonyl (C=O) groups is 1. The number of aromatic amines is 1. The first-order valence-electron chi connectivity index (χ1n) is 7.78. The van der Waals surface area contributed by atoms with E-state index in [2.05, 4.69) is 15.5 Å². The molecule has 1 spiro atoms. The van der Waals surface area contributed by atoms with Gasteiger partial charge >= 0.3 is 0 Å². The van der Waals surface area contributed by atoms with Gasteiger partial charge < -0.3 is 5.32 Å². The molecule has 2 aliphatic rings. The van der Waals surface area contributed by atoms with Gasteiger partial charge in [-0.3, -0.25) is 9.89 Å². The zero-order chi connectivity index (χ0) is 17.8. The fraction of sp³-hybridized carbons (Fsp3) is 0.375. The molecule has 1 aromatic heterocycles. The van der Waals surface area contributed by atoms with Gasteiger partial charge in [0.05, 0.1) is 27.2 Å². The van der Waals surface area contributed by atoms with Crippen molar-refractivity contribution >= 4 is 44.8 Å². The fourth-order valence-corrected chi connectivity index (χ4v) is 6.42. The third-order valence-electron chi connectivity index (χ3n) is 4.85. The Labute approximate surface area is 154 Å². The number of rotatable bonds is 3. The number of sulfone groups is 1. The SMILES string of the molecule is O=C(Nc1cc(-c2cccc(Cl)c2Cl)[nH]n1)C1CC2(C1)CS(=O)(=O)C2. The molecule has 0 unspecified atom stereocenters. The van der Waals surface area contributed by atoms with E-state index >= 15 is 0 Å². The Balaban J connectivity index is 1.40. The Morgan fingerprint density at radius 1 is 1.28 bits per heavy atom. The van der Waals surface area contributed by atoms with Gasteiger partial charge in [-0.2, -0.15) is 5.10 Å². The minimum absolute atomic E-state index is 0.134. The molecule has 1 aromatic carbocycles. The van der Waals surface area contributed by atoms with Crippen molar-refractivity contribution in [3.05, 3.63) is 34.3 Å². The molecule has 0 bridgehead atoms. The van der Waals surface area contributed by atoms with Crippen LogP contribution in [0.5, 0.6) is 0 Å². The Bertz CT molecular complexity index is 951. The first kappa shape index (κ1) is 16.9. The largest absolute Gasteiger partial charge is 0.309 e. The first-order valence-corrected chi connectivity index (χ1v) is 10.4. The summed E-state index contributed by atoms with van der Waals surface area (Å²) in [6.07, 6.45) is 1.24. The molecule has 0 radical (unpaired) electrons. The van der Waals surface area contributed by atoms with Crippen LogP contribution in [0.2, 0.25) is 10.0 Å². The van der Waals surface area contributed by atoms with E-state index in [9.17, 15) is 13.2 Å². The number of anilines is 1. The normalized spacial score (nSPS) is 20.7. The molecule has 2 heterocycles. The Morgan fingerprint density at radius 3 is 2.68 bits per heavy atom. The third-order valence-corrected chi connectivity index (χ3v) is 7.78. The number of hydrogen-bond donors (Lipinski definition) is 2. The summed E-state index contributed by atoms with van der Waals surface area (Å²) < 4.78 is 22.6. The molecule has 1 amide bonds. The number of benzene rings is 1. The van der Waals surface area contributed by atoms with E-state index in [1.165, 1.54) is 0 Å². The van der Waals surface area contributed by atoms with Crippen LogP contribution in [0.25, 0.3) is 11.3 Å². The molecular weight excluding hydrogens is 385 g/mol. The lowest BCUT2D eigenvalue weighted by Crippen LogP contribution is -2.58. The summed E-state index contributed by atoms with van der Waals surface area (Å²) in [6.45, 7) is 0. The second-order valence-corrected chi connectivity index (χ2v) is 9.74. The monoisotopic (exact) mass is 399 g/mol. The Kier molecular flexibility index (Phi) is 3.86. The number of nitrogens with one attached hydrogen (secondary N) is 2. The summed E-state index contributed by atoms with van der Waals surface area (Å²) in [5, 5.41) is 10.5. The molecule has 9 heteroatoms. The topological polar surface area (TPSA) is 91.9 Å². The maximum absolute atomic E-state index is 12.3. The van der Waals surface area contributed by atoms with E-state index in [1.807, 2.05) is 0 Å². The van der Waals surface area contributed by atoms with Gasteiger partial charge in [0.25, 0.3) is 0 Å². The highest BCUT2D eigenvalue weighted by atomic mass is 35.5. The van der Waals surface area contributed by atoms with Crippen LogP contribution in [-0.4, -0.2) is 36.0 Å². The van der Waals surface area contributed by atoms with Crippen molar-refractivity contribution in [2.45, 2.75) is 12.8 Å². The standard InChI is InChI=1S/C16H15Cl2N3O3S/c17-11-3-1-2-10(14(11)18)12-4-13(21-20-12)19-15(22)9-5-16(6-9)7-25(23,24)8-16/h1-4,9H,5-8H2,(H2,19,20,21,22). The lowest BCUT2D eigenvalue weighted by atomic mass is 9.63. The molecule has 1 aliphatic heterocycles. The van der Waals surface area contributed by atoms with Gasteiger partial charge in [0, 0.05) is 17.5 Å². The number of aromatic nitrogens is 2. The lowest BCUT2D eigenvalue weighted by molar-refractivity contribution is -0.126. The Morgan fingerprint density at radius 2 is 2.00 bits per heavy atom. The highest BCUT2D eigenvalue weighted by Gasteiger charge is 2.57. The van der Waals surface area contributed by atoms with Gasteiger partial charge in [0.1, 0.15) is 0 Å². The van der Waals surface area contributed by atoms with Gasteiger partial charge in [-0.05, 0) is 24.3 Å². The molecule has 6 nitrogen and oxygen atoms in total. The first-order chi connectivity index (χ1) is 11.8. The molecule has 132 valence electrons. The van der Waals surface area contributed by atoms with E-state index in [4.69, 9.17) is 23.2 Å². The van der Waals surface area contributed by atoms with Crippen LogP contribution < -0.4 is 5.32 Å². The smallest absolute Gasteiger partial charge is 0.228 e. The number of nitrogens with zero attached hydrogens (tertiary/aromatic N) is 1. The molecule has 25 heavy (non-hydrogen) atoms. The summed E-state index contributed by atoms with van der Waals surface area (Å²) in [5.74, 6) is 0.529. The quantitative estimate of drug-likeness (QED) is 0.828. The molecule has 0 atom stereocenters. The van der Waals surface area contributed by atoms with Crippen molar-refractivity contribution in [2.75, 3.05) is 16.8 Å². The lowest BCUT2D eigenvalue weighted by Gasteiger charge is -2.52. The average molecular weight is 400 g/mol. The van der Waals surface area contributed by atoms with Crippen molar-refractivity contribution in [1.82, 2.24) is 10.2 Å². The van der Waals surface area contributed by atoms with Gasteiger partial charge in [0.15, 0.2) is 15.7 Å². The maximum atomic E-state index is 12.3. The fourth-order valence-electron chi connectivity index (χ4n) is 3.76. The van der Waals surface area contributed by atoms with Crippen molar-refractivity contribution in [1.29, 1.82) is 0 Å². The zero-order valence-corrected chi connectivity index (χ0v) is 15.4. The molecule has 2 aromatic rings. The van der Waals surface area contributed by atoms with Crippen molar-refractivity contribution in [3.8, 4) is 11.3 Å². The molecular formula is C16H15Cl2N3O3S. The highest BCUT2D eigenvalue weighted by molar-refractivity contribution is 7.92. The number of hydrogen-bond acceptors (Lipinski definition) is 4. The number of halogens is 2. The number of carbonyl (C=O) groups excluding carboxylic acids is 1. The molecule has 2 fully saturated rings. The number of H-pyrrole nitrogens is 1. The van der Waals surface area contributed by atoms with Gasteiger partial charge in [-0.25, -0.2) is 8.42 Å². The zero-order valence-electron chi connectivity index (χ0n) is 13.1. The summed E-state index contributed by atoms with van der Waals surface area (Å²) in [6, 6.07) is 6.97. The Hall–Kier alpha value is -1.57. The minimum Gasteiger partial charge on any atom is -0.309 e. The van der Waals surface area contributed by atoms with Gasteiger partial charge in [0.2, 0.25) is 5.91 Å². The third kappa shape index (κ3) is 3.05. The van der Waals surface area contributed by atoms with Gasteiger partial charge in [-0.15, -0.1) is 0 Å². The van der Waals surface area contributed by atoms with Crippen LogP contribution in [0.1, 0.15) is 12.8 Å². The van der Waals surface area contributed by atoms with E-state index < -0.39 is 9.84 Å². The summed E-state index contributed by atoms with van der Waals surface area (Å²) in [7, 11) is -2.87. The van der Waals surface area contributed by atoms with Crippen LogP contribution in [0.4, 0.5) is 5.82 Å². The summed E-state index contributed by atoms with van der Waals surface area (Å²) in [4.78, 5) is 12.3. The number of amides is 1. The predicted octanol–water partition coefficient (Wildman–Crippen LogP) is 3.15. The van der Waals surface area contributed by atoms with E-state index in [-0.39, 0.29) is 28.7 Å². The van der Waals surface area contributed by atoms with Crippen LogP contribution >= 0.6 is 23.2 Å². The second kappa shape index (κ2) is 5.72. The maximum Gasteiger partial charge on any atom is 0.228 e. The summed E-state index contributed by atoms with van der Waals surface area (Å²) in [5.41, 5.74) is 1.19. The second-order valence-electron chi connectivity index (χ2n) is 6.89. The molecule has 1 aliphatic carbocycles. The van der Waals surface area contributed by atoms with Crippen LogP contribution in [0, 0.1) is 11.3 Å². The van der Waals surface area contributed by atoms with Crippen molar-refractivity contribution in [3.63, 3.8) is 0 Å². The molecule has 1 saturated carbocycles. The van der Waals surface area contributed by atoms with E-state index in [0.717, 1.165) is 0 Å². The van der Waals surface area contributed by atoms with Gasteiger partial charge in [-0.1, -0.05) is 35.3 Å².